The summed E-state index contributed by atoms with van der Waals surface area (Å²) in [5.74, 6) is -0.0275. The number of ether oxygens (including phenoxy) is 2. The first-order valence-electron chi connectivity index (χ1n) is 11.6. The highest BCUT2D eigenvalue weighted by Crippen LogP contribution is 2.31. The number of aliphatic hydroxyl groups excluding tert-OH is 1. The van der Waals surface area contributed by atoms with Crippen molar-refractivity contribution in [1.29, 1.82) is 0 Å². The first-order valence-corrected chi connectivity index (χ1v) is 14.9. The second-order valence-corrected chi connectivity index (χ2v) is 13.0. The van der Waals surface area contributed by atoms with Gasteiger partial charge in [0.1, 0.15) is 17.6 Å². The maximum Gasteiger partial charge on any atom is 0.258 e. The third kappa shape index (κ3) is 6.72. The largest absolute Gasteiger partial charge is 0.497 e. The van der Waals surface area contributed by atoms with Gasteiger partial charge in [0.05, 0.1) is 43.0 Å². The number of nitrogens with zero attached hydrogens (tertiary/aromatic N) is 2. The number of carbonyl (C=O) groups is 1. The van der Waals surface area contributed by atoms with Crippen LogP contribution in [0.5, 0.6) is 11.5 Å². The molecule has 0 saturated carbocycles. The van der Waals surface area contributed by atoms with Gasteiger partial charge in [-0.2, -0.15) is 4.31 Å². The summed E-state index contributed by atoms with van der Waals surface area (Å²) in [5.41, 5.74) is 0.283. The fourth-order valence-corrected chi connectivity index (χ4v) is 5.74. The summed E-state index contributed by atoms with van der Waals surface area (Å²) in [4.78, 5) is 15.0. The summed E-state index contributed by atoms with van der Waals surface area (Å²) < 4.78 is 64.7. The van der Waals surface area contributed by atoms with Gasteiger partial charge in [-0.05, 0) is 49.4 Å². The van der Waals surface area contributed by atoms with Gasteiger partial charge in [-0.15, -0.1) is 0 Å². The topological polar surface area (TPSA) is 143 Å². The molecule has 11 nitrogen and oxygen atoms in total. The second-order valence-electron chi connectivity index (χ2n) is 9.17. The molecule has 204 valence electrons. The van der Waals surface area contributed by atoms with E-state index in [0.717, 1.165) is 6.26 Å². The second kappa shape index (κ2) is 11.3. The van der Waals surface area contributed by atoms with E-state index in [1.165, 1.54) is 53.7 Å². The lowest BCUT2D eigenvalue weighted by molar-refractivity contribution is 0.0387. The molecule has 1 amide bonds. The molecule has 0 aliphatic carbocycles. The van der Waals surface area contributed by atoms with Crippen molar-refractivity contribution < 1.29 is 36.2 Å². The molecule has 13 heteroatoms. The number of nitrogens with one attached hydrogen (secondary N) is 1. The molecule has 0 aromatic heterocycles. The van der Waals surface area contributed by atoms with Crippen molar-refractivity contribution in [2.24, 2.45) is 5.92 Å². The number of aliphatic hydroxyl groups is 1. The van der Waals surface area contributed by atoms with Gasteiger partial charge in [-0.3, -0.25) is 9.52 Å². The van der Waals surface area contributed by atoms with Crippen LogP contribution in [0.25, 0.3) is 0 Å². The van der Waals surface area contributed by atoms with Crippen LogP contribution in [-0.4, -0.2) is 89.3 Å². The quantitative estimate of drug-likeness (QED) is 0.475. The zero-order valence-corrected chi connectivity index (χ0v) is 23.0. The van der Waals surface area contributed by atoms with Crippen LogP contribution < -0.4 is 14.2 Å². The summed E-state index contributed by atoms with van der Waals surface area (Å²) in [7, 11) is -4.50. The van der Waals surface area contributed by atoms with E-state index >= 15 is 0 Å². The van der Waals surface area contributed by atoms with E-state index in [-0.39, 0.29) is 47.5 Å². The first kappa shape index (κ1) is 28.7. The molecule has 1 heterocycles. The van der Waals surface area contributed by atoms with Crippen molar-refractivity contribution >= 4 is 31.6 Å². The molecule has 2 aromatic rings. The van der Waals surface area contributed by atoms with E-state index in [4.69, 9.17) is 9.47 Å². The molecule has 2 N–H and O–H groups in total. The number of amides is 1. The highest BCUT2D eigenvalue weighted by molar-refractivity contribution is 7.92. The van der Waals surface area contributed by atoms with Crippen molar-refractivity contribution in [3.8, 4) is 11.5 Å². The van der Waals surface area contributed by atoms with Crippen molar-refractivity contribution in [2.75, 3.05) is 44.8 Å². The lowest BCUT2D eigenvalue weighted by atomic mass is 9.99. The summed E-state index contributed by atoms with van der Waals surface area (Å²) in [5, 5.41) is 9.78. The third-order valence-corrected chi connectivity index (χ3v) is 8.62. The van der Waals surface area contributed by atoms with Gasteiger partial charge in [0.25, 0.3) is 5.91 Å². The first-order chi connectivity index (χ1) is 17.3. The molecule has 37 heavy (non-hydrogen) atoms. The number of likely N-dealkylation sites (N-methyl/N-ethyl adjacent to an activating group) is 1. The minimum atomic E-state index is -3.86. The predicted octanol–water partition coefficient (Wildman–Crippen LogP) is 1.61. The highest BCUT2D eigenvalue weighted by Gasteiger charge is 2.35. The summed E-state index contributed by atoms with van der Waals surface area (Å²) in [6.45, 7) is 3.42. The van der Waals surface area contributed by atoms with E-state index in [9.17, 15) is 26.7 Å². The third-order valence-electron chi connectivity index (χ3n) is 6.17. The van der Waals surface area contributed by atoms with E-state index in [0.29, 0.717) is 5.75 Å². The number of rotatable bonds is 9. The molecule has 0 saturated heterocycles. The molecule has 0 spiro atoms. The number of carbonyl (C=O) groups excluding carboxylic acids is 1. The van der Waals surface area contributed by atoms with Crippen molar-refractivity contribution in [1.82, 2.24) is 9.21 Å². The molecule has 0 fully saturated rings. The van der Waals surface area contributed by atoms with Gasteiger partial charge >= 0.3 is 0 Å². The van der Waals surface area contributed by atoms with Gasteiger partial charge in [-0.1, -0.05) is 6.92 Å². The summed E-state index contributed by atoms with van der Waals surface area (Å²) in [6, 6.07) is 9.83. The molecule has 0 unspecified atom stereocenters. The Morgan fingerprint density at radius 3 is 2.41 bits per heavy atom. The average Bonchev–Trinajstić information content (AvgIpc) is 2.85. The Morgan fingerprint density at radius 1 is 1.19 bits per heavy atom. The van der Waals surface area contributed by atoms with Crippen LogP contribution in [0.2, 0.25) is 0 Å². The molecule has 2 aromatic carbocycles. The van der Waals surface area contributed by atoms with Crippen molar-refractivity contribution in [2.45, 2.75) is 30.9 Å². The maximum absolute atomic E-state index is 13.4. The van der Waals surface area contributed by atoms with Crippen LogP contribution >= 0.6 is 0 Å². The number of benzene rings is 2. The highest BCUT2D eigenvalue weighted by atomic mass is 32.2. The van der Waals surface area contributed by atoms with Gasteiger partial charge in [-0.25, -0.2) is 16.8 Å². The predicted molar refractivity (Wildman–Crippen MR) is 139 cm³/mol. The Kier molecular flexibility index (Phi) is 8.73. The number of hydrogen-bond acceptors (Lipinski definition) is 8. The zero-order chi connectivity index (χ0) is 27.5. The lowest BCUT2D eigenvalue weighted by Gasteiger charge is -2.38. The van der Waals surface area contributed by atoms with Crippen LogP contribution in [0.1, 0.15) is 24.2 Å². The molecule has 3 rings (SSSR count). The zero-order valence-electron chi connectivity index (χ0n) is 21.4. The normalized spacial score (nSPS) is 19.4. The number of methoxy groups -OCH3 is 1. The van der Waals surface area contributed by atoms with Crippen molar-refractivity contribution in [3.05, 3.63) is 48.0 Å². The number of hydrogen-bond donors (Lipinski definition) is 2. The Bertz CT molecular complexity index is 1330. The van der Waals surface area contributed by atoms with Crippen LogP contribution in [0.4, 0.5) is 5.69 Å². The molecule has 1 aliphatic rings. The van der Waals surface area contributed by atoms with Crippen LogP contribution in [0, 0.1) is 5.92 Å². The smallest absolute Gasteiger partial charge is 0.258 e. The van der Waals surface area contributed by atoms with E-state index in [1.54, 1.807) is 19.1 Å². The van der Waals surface area contributed by atoms with Gasteiger partial charge in [0.2, 0.25) is 20.0 Å². The summed E-state index contributed by atoms with van der Waals surface area (Å²) >= 11 is 0. The molecular weight excluding hydrogens is 522 g/mol. The minimum absolute atomic E-state index is 0.0200. The van der Waals surface area contributed by atoms with Gasteiger partial charge in [0, 0.05) is 25.2 Å². The standard InChI is InChI=1S/C24H33N3O8S2/c1-16-13-27(17(2)15-28)24(29)21-12-18(25-36(5,30)31)6-11-22(21)35-23(16)14-26(3)37(32,33)20-9-7-19(34-4)8-10-20/h6-12,16-17,23,25,28H,13-15H2,1-5H3/t16-,17-,23-/m0/s1. The number of anilines is 1. The van der Waals surface area contributed by atoms with Crippen LogP contribution in [0.15, 0.2) is 47.4 Å². The Balaban J connectivity index is 1.97. The van der Waals surface area contributed by atoms with E-state index in [1.807, 2.05) is 6.92 Å². The molecule has 0 radical (unpaired) electrons. The monoisotopic (exact) mass is 555 g/mol. The molecule has 3 atom stereocenters. The lowest BCUT2D eigenvalue weighted by Crippen LogP contribution is -2.50. The molecule has 1 aliphatic heterocycles. The fourth-order valence-electron chi connectivity index (χ4n) is 4.00. The average molecular weight is 556 g/mol. The Morgan fingerprint density at radius 2 is 1.84 bits per heavy atom. The fraction of sp³-hybridized carbons (Fsp3) is 0.458. The SMILES string of the molecule is COc1ccc(S(=O)(=O)N(C)C[C@@H]2Oc3ccc(NS(C)(=O)=O)cc3C(=O)N([C@@H](C)CO)C[C@@H]2C)cc1. The number of fused-ring (bicyclic) bond motifs is 1. The van der Waals surface area contributed by atoms with E-state index < -0.39 is 38.1 Å². The Hall–Kier alpha value is -2.87. The van der Waals surface area contributed by atoms with Gasteiger partial charge in [0.15, 0.2) is 0 Å². The van der Waals surface area contributed by atoms with Crippen LogP contribution in [0.3, 0.4) is 0 Å². The van der Waals surface area contributed by atoms with Gasteiger partial charge < -0.3 is 19.5 Å². The maximum atomic E-state index is 13.4. The number of sulfonamides is 2. The van der Waals surface area contributed by atoms with E-state index in [2.05, 4.69) is 4.72 Å². The molecule has 0 bridgehead atoms. The minimum Gasteiger partial charge on any atom is -0.497 e. The Labute approximate surface area is 218 Å². The molecular formula is C24H33N3O8S2. The van der Waals surface area contributed by atoms with Crippen molar-refractivity contribution in [3.63, 3.8) is 0 Å². The summed E-state index contributed by atoms with van der Waals surface area (Å²) in [6.07, 6.45) is 0.339. The van der Waals surface area contributed by atoms with Crippen LogP contribution in [-0.2, 0) is 20.0 Å².